The molecule has 6 heteroatoms. The Morgan fingerprint density at radius 2 is 1.93 bits per heavy atom. The van der Waals surface area contributed by atoms with Crippen molar-refractivity contribution in [3.05, 3.63) is 80.2 Å². The lowest BCUT2D eigenvalue weighted by Gasteiger charge is -2.18. The Labute approximate surface area is 175 Å². The number of aryl methyl sites for hydroxylation is 3. The molecule has 0 radical (unpaired) electrons. The summed E-state index contributed by atoms with van der Waals surface area (Å²) in [5, 5.41) is 4.08. The minimum atomic E-state index is -0.399. The molecule has 29 heavy (non-hydrogen) atoms. The number of rotatable bonds is 6. The predicted molar refractivity (Wildman–Crippen MR) is 117 cm³/mol. The first-order chi connectivity index (χ1) is 14.1. The van der Waals surface area contributed by atoms with Crippen LogP contribution >= 0.6 is 11.6 Å². The highest BCUT2D eigenvalue weighted by Crippen LogP contribution is 2.30. The number of methoxy groups -OCH3 is 1. The van der Waals surface area contributed by atoms with Gasteiger partial charge in [-0.15, -0.1) is 0 Å². The fraction of sp³-hybridized carbons (Fsp3) is 0.304. The molecule has 0 saturated heterocycles. The third kappa shape index (κ3) is 4.01. The Bertz CT molecular complexity index is 1110. The summed E-state index contributed by atoms with van der Waals surface area (Å²) >= 11 is 6.36. The van der Waals surface area contributed by atoms with Gasteiger partial charge in [0.1, 0.15) is 0 Å². The Morgan fingerprint density at radius 1 is 1.17 bits per heavy atom. The van der Waals surface area contributed by atoms with E-state index in [0.29, 0.717) is 17.5 Å². The average molecular weight is 410 g/mol. The number of aromatic nitrogens is 2. The van der Waals surface area contributed by atoms with Gasteiger partial charge in [-0.1, -0.05) is 42.8 Å². The summed E-state index contributed by atoms with van der Waals surface area (Å²) in [6.45, 7) is 2.61. The summed E-state index contributed by atoms with van der Waals surface area (Å²) < 4.78 is 7.08. The summed E-state index contributed by atoms with van der Waals surface area (Å²) in [4.78, 5) is 16.6. The number of nitrogens with zero attached hydrogens (tertiary/aromatic N) is 2. The molecule has 0 amide bonds. The second-order valence-corrected chi connectivity index (χ2v) is 7.67. The first-order valence-electron chi connectivity index (χ1n) is 9.89. The van der Waals surface area contributed by atoms with Crippen LogP contribution in [0.2, 0.25) is 5.02 Å². The summed E-state index contributed by atoms with van der Waals surface area (Å²) in [5.41, 5.74) is 5.57. The Kier molecular flexibility index (Phi) is 5.58. The van der Waals surface area contributed by atoms with Gasteiger partial charge >= 0.3 is 5.56 Å². The van der Waals surface area contributed by atoms with Crippen molar-refractivity contribution in [3.63, 3.8) is 0 Å². The van der Waals surface area contributed by atoms with E-state index in [2.05, 4.69) is 29.4 Å². The Morgan fingerprint density at radius 3 is 2.66 bits per heavy atom. The molecule has 150 valence electrons. The molecule has 1 aromatic heterocycles. The van der Waals surface area contributed by atoms with Gasteiger partial charge in [-0.2, -0.15) is 4.98 Å². The summed E-state index contributed by atoms with van der Waals surface area (Å²) in [5.74, 6) is 0.677. The maximum atomic E-state index is 12.4. The molecule has 5 nitrogen and oxygen atoms in total. The van der Waals surface area contributed by atoms with Gasteiger partial charge in [-0.25, -0.2) is 0 Å². The Balaban J connectivity index is 1.76. The van der Waals surface area contributed by atoms with Gasteiger partial charge in [0.05, 0.1) is 19.9 Å². The zero-order valence-electron chi connectivity index (χ0n) is 16.7. The number of hydrogen-bond acceptors (Lipinski definition) is 4. The van der Waals surface area contributed by atoms with E-state index < -0.39 is 5.56 Å². The fourth-order valence-corrected chi connectivity index (χ4v) is 4.04. The molecule has 0 spiro atoms. The highest BCUT2D eigenvalue weighted by Gasteiger charge is 2.16. The van der Waals surface area contributed by atoms with Crippen molar-refractivity contribution < 1.29 is 4.74 Å². The first-order valence-corrected chi connectivity index (χ1v) is 10.3. The number of fused-ring (bicyclic) bond motifs is 1. The fourth-order valence-electron chi connectivity index (χ4n) is 3.85. The highest BCUT2D eigenvalue weighted by atomic mass is 35.5. The maximum Gasteiger partial charge on any atom is 0.316 e. The van der Waals surface area contributed by atoms with Crippen LogP contribution in [0.25, 0.3) is 0 Å². The SMILES string of the molecule is CCc1cc2c(cc1Nc1nc(=O)c(OC)cn1Cc1ccccc1Cl)CCC2. The van der Waals surface area contributed by atoms with Crippen molar-refractivity contribution in [1.29, 1.82) is 0 Å². The summed E-state index contributed by atoms with van der Waals surface area (Å²) in [6.07, 6.45) is 6.01. The van der Waals surface area contributed by atoms with Gasteiger partial charge in [0.15, 0.2) is 0 Å². The topological polar surface area (TPSA) is 56.1 Å². The van der Waals surface area contributed by atoms with E-state index in [9.17, 15) is 4.79 Å². The largest absolute Gasteiger partial charge is 0.490 e. The van der Waals surface area contributed by atoms with Gasteiger partial charge < -0.3 is 14.6 Å². The lowest BCUT2D eigenvalue weighted by molar-refractivity contribution is 0.402. The lowest BCUT2D eigenvalue weighted by Crippen LogP contribution is -2.19. The van der Waals surface area contributed by atoms with E-state index >= 15 is 0 Å². The molecule has 0 aliphatic heterocycles. The van der Waals surface area contributed by atoms with E-state index in [1.165, 1.54) is 30.2 Å². The van der Waals surface area contributed by atoms with Crippen molar-refractivity contribution in [1.82, 2.24) is 9.55 Å². The molecule has 3 aromatic rings. The second-order valence-electron chi connectivity index (χ2n) is 7.27. The molecule has 0 saturated carbocycles. The number of benzene rings is 2. The standard InChI is InChI=1S/C23H24ClN3O2/c1-3-15-11-16-8-6-9-17(16)12-20(15)25-23-26-22(28)21(29-2)14-27(23)13-18-7-4-5-10-19(18)24/h4-5,7,10-12,14H,3,6,8-9,13H2,1-2H3,(H,25,26,28). The number of anilines is 2. The van der Waals surface area contributed by atoms with Crippen LogP contribution in [-0.2, 0) is 25.8 Å². The molecule has 0 fully saturated rings. The minimum absolute atomic E-state index is 0.201. The van der Waals surface area contributed by atoms with Gasteiger partial charge in [-0.05, 0) is 60.1 Å². The number of halogens is 1. The van der Waals surface area contributed by atoms with E-state index in [1.807, 2.05) is 28.8 Å². The number of nitrogens with one attached hydrogen (secondary N) is 1. The van der Waals surface area contributed by atoms with Gasteiger partial charge in [0, 0.05) is 10.7 Å². The molecular weight excluding hydrogens is 386 g/mol. The zero-order valence-corrected chi connectivity index (χ0v) is 17.4. The van der Waals surface area contributed by atoms with E-state index in [0.717, 1.165) is 30.5 Å². The monoisotopic (exact) mass is 409 g/mol. The number of hydrogen-bond donors (Lipinski definition) is 1. The van der Waals surface area contributed by atoms with Crippen LogP contribution in [0.1, 0.15) is 35.6 Å². The molecule has 0 atom stereocenters. The smallest absolute Gasteiger partial charge is 0.316 e. The van der Waals surface area contributed by atoms with Crippen molar-refractivity contribution in [2.24, 2.45) is 0 Å². The van der Waals surface area contributed by atoms with Crippen LogP contribution in [0, 0.1) is 0 Å². The quantitative estimate of drug-likeness (QED) is 0.638. The molecule has 1 N–H and O–H groups in total. The molecule has 1 heterocycles. The van der Waals surface area contributed by atoms with Gasteiger partial charge in [0.25, 0.3) is 0 Å². The second kappa shape index (κ2) is 8.29. The maximum absolute atomic E-state index is 12.4. The molecule has 0 unspecified atom stereocenters. The van der Waals surface area contributed by atoms with Crippen molar-refractivity contribution in [3.8, 4) is 5.75 Å². The van der Waals surface area contributed by atoms with Crippen molar-refractivity contribution in [2.45, 2.75) is 39.2 Å². The van der Waals surface area contributed by atoms with Crippen LogP contribution < -0.4 is 15.6 Å². The third-order valence-electron chi connectivity index (χ3n) is 5.43. The van der Waals surface area contributed by atoms with E-state index in [4.69, 9.17) is 16.3 Å². The average Bonchev–Trinajstić information content (AvgIpc) is 3.18. The molecule has 1 aliphatic carbocycles. The lowest BCUT2D eigenvalue weighted by atomic mass is 10.0. The van der Waals surface area contributed by atoms with Crippen LogP contribution in [0.15, 0.2) is 47.4 Å². The van der Waals surface area contributed by atoms with Gasteiger partial charge in [0.2, 0.25) is 11.7 Å². The van der Waals surface area contributed by atoms with Crippen LogP contribution in [0.4, 0.5) is 11.6 Å². The van der Waals surface area contributed by atoms with Crippen LogP contribution in [-0.4, -0.2) is 16.7 Å². The number of ether oxygens (including phenoxy) is 1. The van der Waals surface area contributed by atoms with Crippen molar-refractivity contribution in [2.75, 3.05) is 12.4 Å². The van der Waals surface area contributed by atoms with Crippen LogP contribution in [0.5, 0.6) is 5.75 Å². The van der Waals surface area contributed by atoms with E-state index in [-0.39, 0.29) is 5.75 Å². The van der Waals surface area contributed by atoms with Crippen molar-refractivity contribution >= 4 is 23.2 Å². The molecule has 4 rings (SSSR count). The predicted octanol–water partition coefficient (Wildman–Crippen LogP) is 4.75. The molecule has 2 aromatic carbocycles. The molecule has 1 aliphatic rings. The zero-order chi connectivity index (χ0) is 20.4. The first kappa shape index (κ1) is 19.5. The summed E-state index contributed by atoms with van der Waals surface area (Å²) in [7, 11) is 1.47. The summed E-state index contributed by atoms with van der Waals surface area (Å²) in [6, 6.07) is 12.1. The molecular formula is C23H24ClN3O2. The van der Waals surface area contributed by atoms with Gasteiger partial charge in [-0.3, -0.25) is 4.79 Å². The highest BCUT2D eigenvalue weighted by molar-refractivity contribution is 6.31. The van der Waals surface area contributed by atoms with E-state index in [1.54, 1.807) is 6.20 Å². The third-order valence-corrected chi connectivity index (χ3v) is 5.80. The minimum Gasteiger partial charge on any atom is -0.490 e. The normalized spacial score (nSPS) is 12.7. The Hall–Kier alpha value is -2.79. The molecule has 0 bridgehead atoms. The van der Waals surface area contributed by atoms with Crippen LogP contribution in [0.3, 0.4) is 0 Å².